The second kappa shape index (κ2) is 6.83. The van der Waals surface area contributed by atoms with Crippen LogP contribution < -0.4 is 5.32 Å². The third-order valence-corrected chi connectivity index (χ3v) is 3.28. The summed E-state index contributed by atoms with van der Waals surface area (Å²) >= 11 is 0. The maximum absolute atomic E-state index is 11.7. The van der Waals surface area contributed by atoms with E-state index in [1.165, 1.54) is 25.7 Å². The zero-order valence-corrected chi connectivity index (χ0v) is 9.67. The molecule has 0 spiro atoms. The number of aliphatic hydroxyl groups is 1. The summed E-state index contributed by atoms with van der Waals surface area (Å²) in [6.07, 6.45) is 7.25. The predicted molar refractivity (Wildman–Crippen MR) is 60.5 cm³/mol. The summed E-state index contributed by atoms with van der Waals surface area (Å²) in [7, 11) is 0. The van der Waals surface area contributed by atoms with E-state index in [1.54, 1.807) is 0 Å². The van der Waals surface area contributed by atoms with Crippen LogP contribution in [0.4, 0.5) is 0 Å². The Morgan fingerprint density at radius 1 is 1.47 bits per heavy atom. The first-order chi connectivity index (χ1) is 7.26. The molecule has 1 unspecified atom stereocenters. The Hall–Kier alpha value is -0.570. The largest absolute Gasteiger partial charge is 0.396 e. The van der Waals surface area contributed by atoms with Gasteiger partial charge >= 0.3 is 0 Å². The number of amides is 1. The van der Waals surface area contributed by atoms with Crippen molar-refractivity contribution in [3.8, 4) is 0 Å². The van der Waals surface area contributed by atoms with Gasteiger partial charge in [-0.2, -0.15) is 0 Å². The third kappa shape index (κ3) is 4.65. The number of hydrogen-bond acceptors (Lipinski definition) is 2. The van der Waals surface area contributed by atoms with Crippen molar-refractivity contribution in [3.05, 3.63) is 0 Å². The minimum Gasteiger partial charge on any atom is -0.396 e. The van der Waals surface area contributed by atoms with E-state index in [0.29, 0.717) is 18.8 Å². The maximum Gasteiger partial charge on any atom is 0.220 e. The fourth-order valence-electron chi connectivity index (χ4n) is 2.30. The molecule has 15 heavy (non-hydrogen) atoms. The van der Waals surface area contributed by atoms with E-state index >= 15 is 0 Å². The first kappa shape index (κ1) is 12.5. The number of carbonyl (C=O) groups is 1. The van der Waals surface area contributed by atoms with Gasteiger partial charge < -0.3 is 10.4 Å². The molecule has 1 amide bonds. The van der Waals surface area contributed by atoms with Crippen LogP contribution >= 0.6 is 0 Å². The van der Waals surface area contributed by atoms with Crippen LogP contribution in [0.3, 0.4) is 0 Å². The monoisotopic (exact) mass is 213 g/mol. The minimum atomic E-state index is 0.155. The van der Waals surface area contributed by atoms with Gasteiger partial charge in [-0.15, -0.1) is 0 Å². The fraction of sp³-hybridized carbons (Fsp3) is 0.917. The second-order valence-corrected chi connectivity index (χ2v) is 4.54. The van der Waals surface area contributed by atoms with E-state index in [4.69, 9.17) is 5.11 Å². The molecule has 1 saturated carbocycles. The highest BCUT2D eigenvalue weighted by Gasteiger charge is 2.19. The minimum absolute atomic E-state index is 0.155. The molecule has 0 aliphatic heterocycles. The average molecular weight is 213 g/mol. The lowest BCUT2D eigenvalue weighted by molar-refractivity contribution is -0.122. The summed E-state index contributed by atoms with van der Waals surface area (Å²) in [4.78, 5) is 11.7. The van der Waals surface area contributed by atoms with E-state index < -0.39 is 0 Å². The highest BCUT2D eigenvalue weighted by molar-refractivity contribution is 5.76. The number of carbonyl (C=O) groups excluding carboxylic acids is 1. The molecule has 0 bridgehead atoms. The van der Waals surface area contributed by atoms with Crippen LogP contribution in [-0.2, 0) is 4.79 Å². The Morgan fingerprint density at radius 2 is 2.13 bits per heavy atom. The number of nitrogens with one attached hydrogen (secondary N) is 1. The molecule has 0 aromatic carbocycles. The van der Waals surface area contributed by atoms with E-state index in [9.17, 15) is 4.79 Å². The van der Waals surface area contributed by atoms with Crippen LogP contribution in [0, 0.1) is 5.92 Å². The number of aliphatic hydroxyl groups excluding tert-OH is 1. The third-order valence-electron chi connectivity index (χ3n) is 3.28. The van der Waals surface area contributed by atoms with Crippen LogP contribution in [-0.4, -0.2) is 23.7 Å². The van der Waals surface area contributed by atoms with Gasteiger partial charge in [-0.1, -0.05) is 19.8 Å². The normalized spacial score (nSPS) is 19.1. The lowest BCUT2D eigenvalue weighted by Gasteiger charge is -2.17. The highest BCUT2D eigenvalue weighted by Crippen LogP contribution is 2.27. The van der Waals surface area contributed by atoms with Gasteiger partial charge in [0, 0.05) is 19.1 Å². The Bertz CT molecular complexity index is 188. The molecule has 0 aromatic rings. The summed E-state index contributed by atoms with van der Waals surface area (Å²) in [5.41, 5.74) is 0. The Labute approximate surface area is 92.3 Å². The molecule has 0 radical (unpaired) electrons. The molecule has 1 rings (SSSR count). The van der Waals surface area contributed by atoms with Crippen LogP contribution in [0.15, 0.2) is 0 Å². The summed E-state index contributed by atoms with van der Waals surface area (Å²) in [6, 6.07) is 0.156. The molecule has 1 aliphatic carbocycles. The highest BCUT2D eigenvalue weighted by atomic mass is 16.3. The molecule has 0 saturated heterocycles. The topological polar surface area (TPSA) is 49.3 Å². The van der Waals surface area contributed by atoms with Crippen molar-refractivity contribution in [1.29, 1.82) is 0 Å². The van der Waals surface area contributed by atoms with Gasteiger partial charge in [-0.3, -0.25) is 4.79 Å². The fourth-order valence-corrected chi connectivity index (χ4v) is 2.30. The van der Waals surface area contributed by atoms with Crippen molar-refractivity contribution >= 4 is 5.91 Å². The molecule has 1 atom stereocenters. The van der Waals surface area contributed by atoms with Gasteiger partial charge in [-0.25, -0.2) is 0 Å². The standard InChI is InChI=1S/C12H23NO2/c1-2-11(7-8-14)13-12(15)9-10-5-3-4-6-10/h10-11,14H,2-9H2,1H3,(H,13,15). The van der Waals surface area contributed by atoms with Crippen molar-refractivity contribution in [2.75, 3.05) is 6.61 Å². The molecular weight excluding hydrogens is 190 g/mol. The summed E-state index contributed by atoms with van der Waals surface area (Å²) in [5.74, 6) is 0.777. The van der Waals surface area contributed by atoms with Gasteiger partial charge in [0.25, 0.3) is 0 Å². The van der Waals surface area contributed by atoms with E-state index in [2.05, 4.69) is 5.32 Å². The van der Waals surface area contributed by atoms with E-state index in [0.717, 1.165) is 6.42 Å². The van der Waals surface area contributed by atoms with Crippen molar-refractivity contribution in [2.24, 2.45) is 5.92 Å². The van der Waals surface area contributed by atoms with Gasteiger partial charge in [0.15, 0.2) is 0 Å². The zero-order valence-electron chi connectivity index (χ0n) is 9.67. The van der Waals surface area contributed by atoms with E-state index in [1.807, 2.05) is 6.92 Å². The van der Waals surface area contributed by atoms with Gasteiger partial charge in [0.05, 0.1) is 0 Å². The maximum atomic E-state index is 11.7. The Kier molecular flexibility index (Phi) is 5.69. The molecule has 0 heterocycles. The molecule has 2 N–H and O–H groups in total. The van der Waals surface area contributed by atoms with Gasteiger partial charge in [-0.05, 0) is 31.6 Å². The van der Waals surface area contributed by atoms with Crippen molar-refractivity contribution in [2.45, 2.75) is 57.9 Å². The first-order valence-electron chi connectivity index (χ1n) is 6.16. The molecule has 3 nitrogen and oxygen atoms in total. The second-order valence-electron chi connectivity index (χ2n) is 4.54. The summed E-state index contributed by atoms with van der Waals surface area (Å²) in [5, 5.41) is 11.8. The first-order valence-corrected chi connectivity index (χ1v) is 6.16. The average Bonchev–Trinajstić information content (AvgIpc) is 2.69. The smallest absolute Gasteiger partial charge is 0.220 e. The van der Waals surface area contributed by atoms with Crippen LogP contribution in [0.1, 0.15) is 51.9 Å². The number of hydrogen-bond donors (Lipinski definition) is 2. The summed E-state index contributed by atoms with van der Waals surface area (Å²) < 4.78 is 0. The molecule has 0 aromatic heterocycles. The zero-order chi connectivity index (χ0) is 11.1. The van der Waals surface area contributed by atoms with E-state index in [-0.39, 0.29) is 18.6 Å². The van der Waals surface area contributed by atoms with Crippen LogP contribution in [0.25, 0.3) is 0 Å². The van der Waals surface area contributed by atoms with Crippen molar-refractivity contribution in [1.82, 2.24) is 5.32 Å². The molecular formula is C12H23NO2. The van der Waals surface area contributed by atoms with Crippen LogP contribution in [0.2, 0.25) is 0 Å². The molecule has 1 aliphatic rings. The quantitative estimate of drug-likeness (QED) is 0.707. The SMILES string of the molecule is CCC(CCO)NC(=O)CC1CCCC1. The molecule has 3 heteroatoms. The lowest BCUT2D eigenvalue weighted by Crippen LogP contribution is -2.35. The lowest BCUT2D eigenvalue weighted by atomic mass is 10.0. The van der Waals surface area contributed by atoms with Crippen LogP contribution in [0.5, 0.6) is 0 Å². The van der Waals surface area contributed by atoms with Gasteiger partial charge in [0.1, 0.15) is 0 Å². The number of rotatable bonds is 6. The summed E-state index contributed by atoms with van der Waals surface area (Å²) in [6.45, 7) is 2.19. The Morgan fingerprint density at radius 3 is 2.67 bits per heavy atom. The van der Waals surface area contributed by atoms with Crippen molar-refractivity contribution in [3.63, 3.8) is 0 Å². The van der Waals surface area contributed by atoms with Gasteiger partial charge in [0.2, 0.25) is 5.91 Å². The molecule has 88 valence electrons. The molecule has 1 fully saturated rings. The predicted octanol–water partition coefficient (Wildman–Crippen LogP) is 1.84. The Balaban J connectivity index is 2.20. The van der Waals surface area contributed by atoms with Crippen molar-refractivity contribution < 1.29 is 9.90 Å².